The minimum absolute atomic E-state index is 0. The molecule has 0 aromatic rings. The molecule has 0 fully saturated rings. The third-order valence-corrected chi connectivity index (χ3v) is 6.19. The number of nitrogens with zero attached hydrogens (tertiary/aromatic N) is 2. The van der Waals surface area contributed by atoms with Crippen LogP contribution in [0, 0.1) is 0 Å². The lowest BCUT2D eigenvalue weighted by atomic mass is 10.3. The largest absolute Gasteiger partial charge is 0.385 e. The Bertz CT molecular complexity index is 464. The number of nitrogens with one attached hydrogen (secondary N) is 2. The van der Waals surface area contributed by atoms with Crippen LogP contribution in [0.4, 0.5) is 0 Å². The van der Waals surface area contributed by atoms with Crippen molar-refractivity contribution >= 4 is 39.8 Å². The molecule has 0 aromatic heterocycles. The Labute approximate surface area is 171 Å². The molecule has 0 spiro atoms. The normalized spacial score (nSPS) is 12.8. The molecule has 9 heteroatoms. The monoisotopic (exact) mass is 492 g/mol. The van der Waals surface area contributed by atoms with Gasteiger partial charge in [-0.2, -0.15) is 0 Å². The minimum Gasteiger partial charge on any atom is -0.385 e. The first-order valence-electron chi connectivity index (χ1n) is 8.56. The van der Waals surface area contributed by atoms with E-state index in [0.29, 0.717) is 19.0 Å². The van der Waals surface area contributed by atoms with Crippen LogP contribution in [0.2, 0.25) is 0 Å². The molecule has 0 saturated carbocycles. The smallest absolute Gasteiger partial charge is 0.191 e. The van der Waals surface area contributed by atoms with Crippen LogP contribution >= 0.6 is 24.0 Å². The van der Waals surface area contributed by atoms with E-state index in [2.05, 4.69) is 27.6 Å². The summed E-state index contributed by atoms with van der Waals surface area (Å²) in [7, 11) is 0.643. The Balaban J connectivity index is 0. The maximum absolute atomic E-state index is 12.1. The van der Waals surface area contributed by atoms with Crippen LogP contribution in [0.15, 0.2) is 4.99 Å². The van der Waals surface area contributed by atoms with Crippen LogP contribution in [0.5, 0.6) is 0 Å². The van der Waals surface area contributed by atoms with E-state index in [1.807, 2.05) is 6.92 Å². The van der Waals surface area contributed by atoms with Crippen molar-refractivity contribution in [2.75, 3.05) is 59.2 Å². The highest BCUT2D eigenvalue weighted by molar-refractivity contribution is 14.0. The summed E-state index contributed by atoms with van der Waals surface area (Å²) < 4.78 is 28.5. The van der Waals surface area contributed by atoms with Gasteiger partial charge in [0.25, 0.3) is 0 Å². The second-order valence-corrected chi connectivity index (χ2v) is 9.63. The van der Waals surface area contributed by atoms with Crippen molar-refractivity contribution in [3.8, 4) is 0 Å². The molecule has 0 aliphatic rings. The zero-order valence-corrected chi connectivity index (χ0v) is 19.7. The Hall–Kier alpha value is -0.130. The topological polar surface area (TPSA) is 83.0 Å². The highest BCUT2D eigenvalue weighted by Crippen LogP contribution is 2.15. The summed E-state index contributed by atoms with van der Waals surface area (Å²) in [5, 5.41) is 6.24. The van der Waals surface area contributed by atoms with E-state index in [0.717, 1.165) is 32.7 Å². The lowest BCUT2D eigenvalue weighted by molar-refractivity contribution is 0.180. The van der Waals surface area contributed by atoms with E-state index in [4.69, 9.17) is 4.74 Å². The highest BCUT2D eigenvalue weighted by atomic mass is 127. The van der Waals surface area contributed by atoms with E-state index in [1.54, 1.807) is 27.9 Å². The summed E-state index contributed by atoms with van der Waals surface area (Å²) in [6, 6.07) is 0. The van der Waals surface area contributed by atoms with E-state index in [1.165, 1.54) is 0 Å². The quantitative estimate of drug-likeness (QED) is 0.196. The van der Waals surface area contributed by atoms with Crippen LogP contribution in [-0.2, 0) is 14.6 Å². The third kappa shape index (κ3) is 12.8. The van der Waals surface area contributed by atoms with Gasteiger partial charge in [-0.15, -0.1) is 24.0 Å². The van der Waals surface area contributed by atoms with Crippen molar-refractivity contribution in [1.29, 1.82) is 0 Å². The van der Waals surface area contributed by atoms with E-state index in [9.17, 15) is 8.42 Å². The third-order valence-electron chi connectivity index (χ3n) is 3.58. The SMILES string of the molecule is CCNC(=NCCN(C)CCCOC)NCCS(=O)(=O)C(C)(C)C.I. The highest BCUT2D eigenvalue weighted by Gasteiger charge is 2.28. The maximum atomic E-state index is 12.1. The average Bonchev–Trinajstić information content (AvgIpc) is 2.46. The molecule has 0 radical (unpaired) electrons. The molecular weight excluding hydrogens is 455 g/mol. The van der Waals surface area contributed by atoms with Gasteiger partial charge < -0.3 is 20.3 Å². The van der Waals surface area contributed by atoms with Crippen molar-refractivity contribution < 1.29 is 13.2 Å². The van der Waals surface area contributed by atoms with E-state index in [-0.39, 0.29) is 29.7 Å². The fourth-order valence-corrected chi connectivity index (χ4v) is 2.86. The molecule has 0 atom stereocenters. The number of guanidine groups is 1. The molecule has 0 aliphatic heterocycles. The predicted octanol–water partition coefficient (Wildman–Crippen LogP) is 1.34. The van der Waals surface area contributed by atoms with Gasteiger partial charge >= 0.3 is 0 Å². The van der Waals surface area contributed by atoms with Crippen molar-refractivity contribution in [1.82, 2.24) is 15.5 Å². The number of ether oxygens (including phenoxy) is 1. The predicted molar refractivity (Wildman–Crippen MR) is 117 cm³/mol. The van der Waals surface area contributed by atoms with Crippen molar-refractivity contribution in [2.24, 2.45) is 4.99 Å². The summed E-state index contributed by atoms with van der Waals surface area (Å²) in [5.41, 5.74) is 0. The van der Waals surface area contributed by atoms with Crippen molar-refractivity contribution in [3.63, 3.8) is 0 Å². The molecule has 2 N–H and O–H groups in total. The number of hydrogen-bond acceptors (Lipinski definition) is 5. The Morgan fingerprint density at radius 2 is 1.84 bits per heavy atom. The fraction of sp³-hybridized carbons (Fsp3) is 0.938. The van der Waals surface area contributed by atoms with Crippen LogP contribution in [-0.4, -0.2) is 83.3 Å². The molecule has 0 saturated heterocycles. The Morgan fingerprint density at radius 1 is 1.20 bits per heavy atom. The molecule has 0 bridgehead atoms. The minimum atomic E-state index is -3.12. The van der Waals surface area contributed by atoms with Crippen molar-refractivity contribution in [2.45, 2.75) is 38.9 Å². The number of methoxy groups -OCH3 is 1. The average molecular weight is 492 g/mol. The van der Waals surface area contributed by atoms with Crippen LogP contribution in [0.25, 0.3) is 0 Å². The zero-order chi connectivity index (χ0) is 18.6. The summed E-state index contributed by atoms with van der Waals surface area (Å²) >= 11 is 0. The molecule has 0 heterocycles. The number of rotatable bonds is 11. The van der Waals surface area contributed by atoms with E-state index >= 15 is 0 Å². The summed E-state index contributed by atoms with van der Waals surface area (Å²) in [4.78, 5) is 6.69. The van der Waals surface area contributed by atoms with E-state index < -0.39 is 14.6 Å². The molecule has 0 unspecified atom stereocenters. The maximum Gasteiger partial charge on any atom is 0.191 e. The summed E-state index contributed by atoms with van der Waals surface area (Å²) in [6.45, 7) is 11.5. The number of aliphatic imine (C=N–C) groups is 1. The summed E-state index contributed by atoms with van der Waals surface area (Å²) in [5.74, 6) is 0.754. The van der Waals surface area contributed by atoms with Gasteiger partial charge in [0.1, 0.15) is 0 Å². The van der Waals surface area contributed by atoms with Crippen LogP contribution in [0.1, 0.15) is 34.1 Å². The second-order valence-electron chi connectivity index (χ2n) is 6.77. The van der Waals surface area contributed by atoms with Gasteiger partial charge in [0.05, 0.1) is 17.0 Å². The first-order valence-corrected chi connectivity index (χ1v) is 10.2. The van der Waals surface area contributed by atoms with Gasteiger partial charge in [-0.05, 0) is 41.2 Å². The molecule has 0 rings (SSSR count). The first kappa shape index (κ1) is 27.1. The lowest BCUT2D eigenvalue weighted by Gasteiger charge is -2.20. The lowest BCUT2D eigenvalue weighted by Crippen LogP contribution is -2.42. The molecule has 25 heavy (non-hydrogen) atoms. The Morgan fingerprint density at radius 3 is 2.36 bits per heavy atom. The molecule has 0 aromatic carbocycles. The van der Waals surface area contributed by atoms with Gasteiger partial charge in [-0.25, -0.2) is 8.42 Å². The molecule has 0 aliphatic carbocycles. The number of likely N-dealkylation sites (N-methyl/N-ethyl adjacent to an activating group) is 1. The molecule has 7 nitrogen and oxygen atoms in total. The summed E-state index contributed by atoms with van der Waals surface area (Å²) in [6.07, 6.45) is 1.000. The molecule has 152 valence electrons. The van der Waals surface area contributed by atoms with Gasteiger partial charge in [0.2, 0.25) is 0 Å². The van der Waals surface area contributed by atoms with Gasteiger partial charge in [-0.1, -0.05) is 0 Å². The standard InChI is InChI=1S/C16H36N4O3S.HI/c1-7-17-15(18-9-12-20(5)11-8-13-23-6)19-10-14-24(21,22)16(2,3)4;/h7-14H2,1-6H3,(H2,17,18,19);1H. The number of hydrogen-bond donors (Lipinski definition) is 2. The number of halogens is 1. The van der Waals surface area contributed by atoms with Crippen LogP contribution in [0.3, 0.4) is 0 Å². The molecule has 0 amide bonds. The van der Waals surface area contributed by atoms with Gasteiger partial charge in [-0.3, -0.25) is 4.99 Å². The number of sulfone groups is 1. The molecular formula is C16H37IN4O3S. The van der Waals surface area contributed by atoms with Crippen molar-refractivity contribution in [3.05, 3.63) is 0 Å². The van der Waals surface area contributed by atoms with Gasteiger partial charge in [0.15, 0.2) is 15.8 Å². The zero-order valence-electron chi connectivity index (χ0n) is 16.6. The van der Waals surface area contributed by atoms with Crippen LogP contribution < -0.4 is 10.6 Å². The van der Waals surface area contributed by atoms with Gasteiger partial charge in [0, 0.05) is 39.9 Å². The first-order chi connectivity index (χ1) is 11.1. The fourth-order valence-electron chi connectivity index (χ4n) is 1.87. The second kappa shape index (κ2) is 14.0. The Kier molecular flexibility index (Phi) is 15.2.